The van der Waals surface area contributed by atoms with Gasteiger partial charge in [0.1, 0.15) is 12.4 Å². The van der Waals surface area contributed by atoms with E-state index in [1.807, 2.05) is 47.5 Å². The molecule has 0 radical (unpaired) electrons. The number of ether oxygens (including phenoxy) is 1. The molecular formula is C32H32N6O2. The maximum Gasteiger partial charge on any atom is 0.246 e. The second-order valence-corrected chi connectivity index (χ2v) is 10.8. The molecule has 0 saturated carbocycles. The molecule has 6 rings (SSSR count). The van der Waals surface area contributed by atoms with E-state index in [0.717, 1.165) is 71.5 Å². The number of aromatic amines is 1. The SMILES string of the molecule is [C-]#[N+]c1c(-c2c(C)ccc3[nH]ncc23)cc(OCc2ccccn2)cc1N1CCC2(C1)CN(C(=O)C=C)C2CC. The summed E-state index contributed by atoms with van der Waals surface area (Å²) < 4.78 is 6.31. The number of fused-ring (bicyclic) bond motifs is 1. The Hall–Kier alpha value is -4.64. The van der Waals surface area contributed by atoms with Gasteiger partial charge >= 0.3 is 0 Å². The summed E-state index contributed by atoms with van der Waals surface area (Å²) in [5.41, 5.74) is 6.11. The van der Waals surface area contributed by atoms with Crippen molar-refractivity contribution in [3.05, 3.63) is 90.2 Å². The van der Waals surface area contributed by atoms with Crippen LogP contribution >= 0.6 is 0 Å². The van der Waals surface area contributed by atoms with Crippen LogP contribution in [-0.2, 0) is 11.4 Å². The molecule has 4 heterocycles. The number of H-pyrrole nitrogens is 1. The largest absolute Gasteiger partial charge is 0.487 e. The van der Waals surface area contributed by atoms with Gasteiger partial charge in [-0.3, -0.25) is 14.9 Å². The Morgan fingerprint density at radius 2 is 2.17 bits per heavy atom. The molecule has 8 heteroatoms. The van der Waals surface area contributed by atoms with Crippen LogP contribution in [0, 0.1) is 18.9 Å². The highest BCUT2D eigenvalue weighted by Crippen LogP contribution is 2.51. The van der Waals surface area contributed by atoms with Crippen molar-refractivity contribution in [2.75, 3.05) is 24.5 Å². The average Bonchev–Trinajstić information content (AvgIpc) is 3.64. The molecule has 202 valence electrons. The Bertz CT molecular complexity index is 1640. The number of nitrogens with one attached hydrogen (secondary N) is 1. The molecule has 2 aromatic heterocycles. The van der Waals surface area contributed by atoms with Gasteiger partial charge in [0.25, 0.3) is 0 Å². The third kappa shape index (κ3) is 4.19. The lowest BCUT2D eigenvalue weighted by atomic mass is 9.69. The van der Waals surface area contributed by atoms with E-state index in [4.69, 9.17) is 11.3 Å². The maximum absolute atomic E-state index is 12.4. The van der Waals surface area contributed by atoms with Crippen LogP contribution in [0.4, 0.5) is 11.4 Å². The third-order valence-corrected chi connectivity index (χ3v) is 8.53. The second-order valence-electron chi connectivity index (χ2n) is 10.8. The van der Waals surface area contributed by atoms with Crippen molar-refractivity contribution < 1.29 is 9.53 Å². The van der Waals surface area contributed by atoms with Crippen LogP contribution in [0.1, 0.15) is 31.0 Å². The van der Waals surface area contributed by atoms with E-state index >= 15 is 0 Å². The summed E-state index contributed by atoms with van der Waals surface area (Å²) in [4.78, 5) is 25.2. The van der Waals surface area contributed by atoms with Crippen LogP contribution < -0.4 is 9.64 Å². The fourth-order valence-corrected chi connectivity index (χ4v) is 6.63. The minimum atomic E-state index is -0.00587. The van der Waals surface area contributed by atoms with Crippen molar-refractivity contribution >= 4 is 28.2 Å². The van der Waals surface area contributed by atoms with Crippen LogP contribution in [0.5, 0.6) is 5.75 Å². The quantitative estimate of drug-likeness (QED) is 0.231. The van der Waals surface area contributed by atoms with Crippen LogP contribution in [0.3, 0.4) is 0 Å². The first-order valence-electron chi connectivity index (χ1n) is 13.7. The Morgan fingerprint density at radius 1 is 1.30 bits per heavy atom. The molecule has 0 aliphatic carbocycles. The van der Waals surface area contributed by atoms with Gasteiger partial charge in [-0.25, -0.2) is 4.85 Å². The molecule has 2 unspecified atom stereocenters. The molecule has 1 spiro atoms. The average molecular weight is 533 g/mol. The molecule has 4 aromatic rings. The third-order valence-electron chi connectivity index (χ3n) is 8.53. The van der Waals surface area contributed by atoms with E-state index in [1.54, 1.807) is 6.20 Å². The van der Waals surface area contributed by atoms with Gasteiger partial charge in [-0.2, -0.15) is 5.10 Å². The number of hydrogen-bond acceptors (Lipinski definition) is 5. The zero-order valence-electron chi connectivity index (χ0n) is 22.9. The van der Waals surface area contributed by atoms with Gasteiger partial charge in [-0.1, -0.05) is 25.6 Å². The summed E-state index contributed by atoms with van der Waals surface area (Å²) >= 11 is 0. The van der Waals surface area contributed by atoms with Crippen molar-refractivity contribution in [3.63, 3.8) is 0 Å². The minimum Gasteiger partial charge on any atom is -0.487 e. The van der Waals surface area contributed by atoms with E-state index in [0.29, 0.717) is 18.0 Å². The Kier molecular flexibility index (Phi) is 6.51. The fraction of sp³-hybridized carbons (Fsp3) is 0.312. The number of amides is 1. The van der Waals surface area contributed by atoms with Crippen molar-refractivity contribution in [1.29, 1.82) is 0 Å². The van der Waals surface area contributed by atoms with Gasteiger partial charge in [-0.15, -0.1) is 0 Å². The van der Waals surface area contributed by atoms with Gasteiger partial charge in [0.15, 0.2) is 0 Å². The van der Waals surface area contributed by atoms with E-state index in [-0.39, 0.29) is 17.4 Å². The number of rotatable bonds is 7. The summed E-state index contributed by atoms with van der Waals surface area (Å²) in [5.74, 6) is 0.682. The highest BCUT2D eigenvalue weighted by molar-refractivity contribution is 6.02. The number of aryl methyl sites for hydroxylation is 1. The lowest BCUT2D eigenvalue weighted by Gasteiger charge is -2.55. The van der Waals surface area contributed by atoms with Crippen LogP contribution in [0.2, 0.25) is 0 Å². The summed E-state index contributed by atoms with van der Waals surface area (Å²) in [7, 11) is 0. The predicted molar refractivity (Wildman–Crippen MR) is 156 cm³/mol. The Labute approximate surface area is 234 Å². The first-order chi connectivity index (χ1) is 19.5. The van der Waals surface area contributed by atoms with Gasteiger partial charge in [0, 0.05) is 48.4 Å². The molecule has 2 aliphatic rings. The van der Waals surface area contributed by atoms with E-state index < -0.39 is 0 Å². The minimum absolute atomic E-state index is 0.00587. The number of hydrogen-bond donors (Lipinski definition) is 1. The Morgan fingerprint density at radius 3 is 2.92 bits per heavy atom. The van der Waals surface area contributed by atoms with Gasteiger partial charge in [-0.05, 0) is 72.9 Å². The van der Waals surface area contributed by atoms with E-state index in [9.17, 15) is 4.79 Å². The zero-order chi connectivity index (χ0) is 27.9. The van der Waals surface area contributed by atoms with Crippen molar-refractivity contribution in [1.82, 2.24) is 20.1 Å². The van der Waals surface area contributed by atoms with Crippen LogP contribution in [0.15, 0.2) is 67.5 Å². The first-order valence-corrected chi connectivity index (χ1v) is 13.7. The first kappa shape index (κ1) is 25.6. The highest BCUT2D eigenvalue weighted by atomic mass is 16.5. The number of carbonyl (C=O) groups excluding carboxylic acids is 1. The maximum atomic E-state index is 12.4. The molecule has 2 saturated heterocycles. The summed E-state index contributed by atoms with van der Waals surface area (Å²) in [5, 5.41) is 8.31. The molecule has 2 aromatic carbocycles. The number of anilines is 1. The fourth-order valence-electron chi connectivity index (χ4n) is 6.63. The predicted octanol–water partition coefficient (Wildman–Crippen LogP) is 6.07. The molecule has 0 bridgehead atoms. The summed E-state index contributed by atoms with van der Waals surface area (Å²) in [6.07, 6.45) is 6.85. The summed E-state index contributed by atoms with van der Waals surface area (Å²) in [6.45, 7) is 18.8. The molecule has 1 amide bonds. The molecule has 1 N–H and O–H groups in total. The number of pyridine rings is 1. The number of aromatic nitrogens is 3. The summed E-state index contributed by atoms with van der Waals surface area (Å²) in [6, 6.07) is 14.0. The highest BCUT2D eigenvalue weighted by Gasteiger charge is 2.56. The monoisotopic (exact) mass is 532 g/mol. The topological polar surface area (TPSA) is 78.7 Å². The van der Waals surface area contributed by atoms with Crippen LogP contribution in [-0.4, -0.2) is 51.7 Å². The molecule has 8 nitrogen and oxygen atoms in total. The molecule has 2 aliphatic heterocycles. The number of benzene rings is 2. The molecule has 2 atom stereocenters. The molecule has 2 fully saturated rings. The Balaban J connectivity index is 1.43. The van der Waals surface area contributed by atoms with Crippen LogP contribution in [0.25, 0.3) is 26.9 Å². The van der Waals surface area contributed by atoms with E-state index in [1.165, 1.54) is 6.08 Å². The number of carbonyl (C=O) groups is 1. The van der Waals surface area contributed by atoms with E-state index in [2.05, 4.69) is 51.4 Å². The number of likely N-dealkylation sites (tertiary alicyclic amines) is 1. The van der Waals surface area contributed by atoms with Gasteiger partial charge < -0.3 is 14.5 Å². The molecular weight excluding hydrogens is 500 g/mol. The second kappa shape index (κ2) is 10.2. The van der Waals surface area contributed by atoms with Crippen molar-refractivity contribution in [2.24, 2.45) is 5.41 Å². The standard InChI is InChI=1S/C32H32N6O2/c1-5-28-32(20-38(28)29(39)6-2)12-14-37(19-32)27-16-23(40-18-22-9-7-8-13-34-22)15-24(31(27)33-4)30-21(3)10-11-26-25(30)17-35-36-26/h6-11,13,15-17,28H,2,5,12,14,18-20H2,1,3H3,(H,35,36). The smallest absolute Gasteiger partial charge is 0.246 e. The van der Waals surface area contributed by atoms with Gasteiger partial charge in [0.05, 0.1) is 24.0 Å². The lowest BCUT2D eigenvalue weighted by Crippen LogP contribution is -2.66. The van der Waals surface area contributed by atoms with Gasteiger partial charge in [0.2, 0.25) is 11.6 Å². The normalized spacial score (nSPS) is 20.0. The lowest BCUT2D eigenvalue weighted by molar-refractivity contribution is -0.147. The van der Waals surface area contributed by atoms with Crippen molar-refractivity contribution in [3.8, 4) is 16.9 Å². The number of nitrogens with zero attached hydrogens (tertiary/aromatic N) is 5. The van der Waals surface area contributed by atoms with Crippen molar-refractivity contribution in [2.45, 2.75) is 39.3 Å². The zero-order valence-corrected chi connectivity index (χ0v) is 22.9. The molecule has 40 heavy (non-hydrogen) atoms.